The van der Waals surface area contributed by atoms with Crippen molar-refractivity contribution in [1.29, 1.82) is 5.26 Å². The van der Waals surface area contributed by atoms with Crippen LogP contribution in [0.15, 0.2) is 18.5 Å². The summed E-state index contributed by atoms with van der Waals surface area (Å²) in [6, 6.07) is 4.30. The standard InChI is InChI=1S/C18H21N7O2/c19-10-14-16(24-1-5-26-6-2-24)9-15(13-11-21-18(20)22-12-13)23-17(14)25-3-7-27-8-4-25/h9,11-12H,1-8H2,(H2,20,21,22). The second kappa shape index (κ2) is 7.73. The van der Waals surface area contributed by atoms with Gasteiger partial charge in [0.25, 0.3) is 0 Å². The summed E-state index contributed by atoms with van der Waals surface area (Å²) in [4.78, 5) is 17.2. The third kappa shape index (κ3) is 3.63. The third-order valence-electron chi connectivity index (χ3n) is 4.72. The molecule has 0 radical (unpaired) electrons. The number of rotatable bonds is 3. The second-order valence-electron chi connectivity index (χ2n) is 6.37. The molecule has 2 fully saturated rings. The molecule has 0 aromatic carbocycles. The largest absolute Gasteiger partial charge is 0.378 e. The van der Waals surface area contributed by atoms with Crippen LogP contribution in [-0.4, -0.2) is 67.6 Å². The van der Waals surface area contributed by atoms with Gasteiger partial charge >= 0.3 is 0 Å². The first-order chi connectivity index (χ1) is 13.3. The summed E-state index contributed by atoms with van der Waals surface area (Å²) in [5.41, 5.74) is 8.54. The van der Waals surface area contributed by atoms with Gasteiger partial charge in [-0.25, -0.2) is 15.0 Å². The Morgan fingerprint density at radius 1 is 0.963 bits per heavy atom. The Balaban J connectivity index is 1.83. The zero-order valence-electron chi connectivity index (χ0n) is 15.0. The van der Waals surface area contributed by atoms with E-state index in [4.69, 9.17) is 20.2 Å². The number of nitrogens with two attached hydrogens (primary N) is 1. The normalized spacial score (nSPS) is 17.6. The number of nitrogens with zero attached hydrogens (tertiary/aromatic N) is 6. The van der Waals surface area contributed by atoms with Gasteiger partial charge in [-0.15, -0.1) is 0 Å². The van der Waals surface area contributed by atoms with E-state index in [1.807, 2.05) is 6.07 Å². The Bertz CT molecular complexity index is 799. The molecule has 2 saturated heterocycles. The van der Waals surface area contributed by atoms with Crippen molar-refractivity contribution in [3.63, 3.8) is 0 Å². The van der Waals surface area contributed by atoms with Crippen molar-refractivity contribution in [2.75, 3.05) is 68.1 Å². The van der Waals surface area contributed by atoms with Crippen LogP contribution in [0, 0.1) is 11.3 Å². The van der Waals surface area contributed by atoms with Gasteiger partial charge in [0.05, 0.1) is 37.8 Å². The maximum atomic E-state index is 9.91. The van der Waals surface area contributed by atoms with Gasteiger partial charge in [-0.3, -0.25) is 0 Å². The van der Waals surface area contributed by atoms with E-state index >= 15 is 0 Å². The molecule has 9 nitrogen and oxygen atoms in total. The first-order valence-electron chi connectivity index (χ1n) is 8.94. The molecule has 2 aromatic heterocycles. The summed E-state index contributed by atoms with van der Waals surface area (Å²) in [5.74, 6) is 0.894. The Labute approximate surface area is 157 Å². The summed E-state index contributed by atoms with van der Waals surface area (Å²) in [6.07, 6.45) is 3.31. The first kappa shape index (κ1) is 17.5. The number of pyridine rings is 1. The lowest BCUT2D eigenvalue weighted by molar-refractivity contribution is 0.122. The maximum absolute atomic E-state index is 9.91. The molecule has 0 spiro atoms. The number of nitrogen functional groups attached to an aromatic ring is 1. The molecule has 4 rings (SSSR count). The van der Waals surface area contributed by atoms with E-state index in [1.165, 1.54) is 0 Å². The summed E-state index contributed by atoms with van der Waals surface area (Å²) >= 11 is 0. The molecule has 2 aliphatic heterocycles. The van der Waals surface area contributed by atoms with Gasteiger partial charge in [-0.05, 0) is 6.07 Å². The lowest BCUT2D eigenvalue weighted by Gasteiger charge is -2.33. The first-order valence-corrected chi connectivity index (χ1v) is 8.94. The van der Waals surface area contributed by atoms with Crippen molar-refractivity contribution in [2.24, 2.45) is 0 Å². The fourth-order valence-corrected chi connectivity index (χ4v) is 3.30. The van der Waals surface area contributed by atoms with Gasteiger partial charge in [-0.2, -0.15) is 5.26 Å². The average Bonchev–Trinajstić information content (AvgIpc) is 2.74. The Kier molecular flexibility index (Phi) is 5.00. The van der Waals surface area contributed by atoms with Crippen LogP contribution in [0.3, 0.4) is 0 Å². The molecule has 0 unspecified atom stereocenters. The van der Waals surface area contributed by atoms with Crippen LogP contribution in [0.25, 0.3) is 11.3 Å². The van der Waals surface area contributed by atoms with Crippen LogP contribution in [0.5, 0.6) is 0 Å². The molecular formula is C18H21N7O2. The highest BCUT2D eigenvalue weighted by atomic mass is 16.5. The van der Waals surface area contributed by atoms with Crippen LogP contribution in [0.2, 0.25) is 0 Å². The van der Waals surface area contributed by atoms with E-state index in [0.29, 0.717) is 50.9 Å². The quantitative estimate of drug-likeness (QED) is 0.836. The van der Waals surface area contributed by atoms with E-state index in [9.17, 15) is 5.26 Å². The summed E-state index contributed by atoms with van der Waals surface area (Å²) < 4.78 is 10.9. The maximum Gasteiger partial charge on any atom is 0.219 e. The zero-order valence-corrected chi connectivity index (χ0v) is 15.0. The Hall–Kier alpha value is -2.96. The van der Waals surface area contributed by atoms with Crippen molar-refractivity contribution in [2.45, 2.75) is 0 Å². The average molecular weight is 367 g/mol. The van der Waals surface area contributed by atoms with Gasteiger partial charge in [0.15, 0.2) is 0 Å². The zero-order chi connectivity index (χ0) is 18.6. The lowest BCUT2D eigenvalue weighted by atomic mass is 10.1. The second-order valence-corrected chi connectivity index (χ2v) is 6.37. The highest BCUT2D eigenvalue weighted by molar-refractivity contribution is 5.76. The van der Waals surface area contributed by atoms with Crippen LogP contribution in [0.1, 0.15) is 5.56 Å². The molecule has 4 heterocycles. The van der Waals surface area contributed by atoms with Crippen molar-refractivity contribution in [3.05, 3.63) is 24.0 Å². The number of nitriles is 1. The predicted molar refractivity (Wildman–Crippen MR) is 100 cm³/mol. The third-order valence-corrected chi connectivity index (χ3v) is 4.72. The van der Waals surface area contributed by atoms with E-state index < -0.39 is 0 Å². The molecule has 0 atom stereocenters. The minimum absolute atomic E-state index is 0.217. The molecule has 2 aromatic rings. The number of anilines is 3. The molecule has 2 N–H and O–H groups in total. The summed E-state index contributed by atoms with van der Waals surface area (Å²) in [6.45, 7) is 5.39. The molecule has 0 amide bonds. The van der Waals surface area contributed by atoms with Crippen molar-refractivity contribution in [3.8, 4) is 17.3 Å². The fourth-order valence-electron chi connectivity index (χ4n) is 3.30. The molecular weight excluding hydrogens is 346 g/mol. The molecule has 2 aliphatic rings. The number of ether oxygens (including phenoxy) is 2. The van der Waals surface area contributed by atoms with E-state index in [2.05, 4.69) is 25.8 Å². The number of hydrogen-bond donors (Lipinski definition) is 1. The molecule has 27 heavy (non-hydrogen) atoms. The van der Waals surface area contributed by atoms with Crippen LogP contribution < -0.4 is 15.5 Å². The molecule has 140 valence electrons. The van der Waals surface area contributed by atoms with E-state index in [0.717, 1.165) is 30.0 Å². The van der Waals surface area contributed by atoms with Crippen molar-refractivity contribution < 1.29 is 9.47 Å². The van der Waals surface area contributed by atoms with Crippen molar-refractivity contribution >= 4 is 17.5 Å². The predicted octanol–water partition coefficient (Wildman–Crippen LogP) is 0.666. The monoisotopic (exact) mass is 367 g/mol. The smallest absolute Gasteiger partial charge is 0.219 e. The molecule has 0 bridgehead atoms. The van der Waals surface area contributed by atoms with E-state index in [-0.39, 0.29) is 5.95 Å². The van der Waals surface area contributed by atoms with Gasteiger partial charge in [0, 0.05) is 44.1 Å². The van der Waals surface area contributed by atoms with E-state index in [1.54, 1.807) is 12.4 Å². The minimum atomic E-state index is 0.217. The van der Waals surface area contributed by atoms with Crippen LogP contribution in [0.4, 0.5) is 17.5 Å². The topological polar surface area (TPSA) is 113 Å². The van der Waals surface area contributed by atoms with Crippen LogP contribution >= 0.6 is 0 Å². The molecule has 0 saturated carbocycles. The number of hydrogen-bond acceptors (Lipinski definition) is 9. The summed E-state index contributed by atoms with van der Waals surface area (Å²) in [7, 11) is 0. The fraction of sp³-hybridized carbons (Fsp3) is 0.444. The van der Waals surface area contributed by atoms with Gasteiger partial charge in [0.1, 0.15) is 17.5 Å². The molecule has 9 heteroatoms. The van der Waals surface area contributed by atoms with Crippen molar-refractivity contribution in [1.82, 2.24) is 15.0 Å². The molecule has 0 aliphatic carbocycles. The van der Waals surface area contributed by atoms with Gasteiger partial charge < -0.3 is 25.0 Å². The minimum Gasteiger partial charge on any atom is -0.378 e. The SMILES string of the molecule is N#Cc1c(N2CCOCC2)cc(-c2cnc(N)nc2)nc1N1CCOCC1. The highest BCUT2D eigenvalue weighted by Gasteiger charge is 2.24. The van der Waals surface area contributed by atoms with Gasteiger partial charge in [-0.1, -0.05) is 0 Å². The number of morpholine rings is 2. The van der Waals surface area contributed by atoms with Crippen LogP contribution in [-0.2, 0) is 9.47 Å². The lowest BCUT2D eigenvalue weighted by Crippen LogP contribution is -2.39. The van der Waals surface area contributed by atoms with Gasteiger partial charge in [0.2, 0.25) is 5.95 Å². The highest BCUT2D eigenvalue weighted by Crippen LogP contribution is 2.33. The number of aromatic nitrogens is 3. The summed E-state index contributed by atoms with van der Waals surface area (Å²) in [5, 5.41) is 9.91. The Morgan fingerprint density at radius 2 is 1.56 bits per heavy atom. The Morgan fingerprint density at radius 3 is 2.15 bits per heavy atom.